The third-order valence-corrected chi connectivity index (χ3v) is 1.79. The number of ether oxygens (including phenoxy) is 1. The molecule has 0 spiro atoms. The highest BCUT2D eigenvalue weighted by atomic mass is 16.5. The summed E-state index contributed by atoms with van der Waals surface area (Å²) in [6.07, 6.45) is 2.37. The number of methoxy groups -OCH3 is 1. The first-order chi connectivity index (χ1) is 6.03. The summed E-state index contributed by atoms with van der Waals surface area (Å²) in [6, 6.07) is 1.89. The van der Waals surface area contributed by atoms with Crippen molar-refractivity contribution in [2.75, 3.05) is 13.7 Å². The summed E-state index contributed by atoms with van der Waals surface area (Å²) in [7, 11) is 3.43. The van der Waals surface area contributed by atoms with Crippen LogP contribution in [-0.4, -0.2) is 34.2 Å². The van der Waals surface area contributed by atoms with E-state index in [0.29, 0.717) is 13.0 Å². The summed E-state index contributed by atoms with van der Waals surface area (Å²) in [5, 5.41) is 14.0. The second kappa shape index (κ2) is 3.89. The number of hydrogen-bond donors (Lipinski definition) is 1. The normalized spacial score (nSPS) is 15.7. The van der Waals surface area contributed by atoms with Crippen LogP contribution in [0.1, 0.15) is 12.6 Å². The number of hydrogen-bond acceptors (Lipinski definition) is 3. The van der Waals surface area contributed by atoms with Gasteiger partial charge in [0.1, 0.15) is 0 Å². The summed E-state index contributed by atoms with van der Waals surface area (Å²) in [5.74, 6) is 0. The van der Waals surface area contributed by atoms with Gasteiger partial charge in [-0.15, -0.1) is 0 Å². The molecule has 4 nitrogen and oxygen atoms in total. The average molecular weight is 184 g/mol. The minimum Gasteiger partial charge on any atom is -0.387 e. The van der Waals surface area contributed by atoms with Gasteiger partial charge in [-0.05, 0) is 13.0 Å². The highest BCUT2D eigenvalue weighted by molar-refractivity contribution is 5.02. The number of aryl methyl sites for hydroxylation is 1. The van der Waals surface area contributed by atoms with E-state index >= 15 is 0 Å². The summed E-state index contributed by atoms with van der Waals surface area (Å²) in [6.45, 7) is 2.06. The molecule has 74 valence electrons. The highest BCUT2D eigenvalue weighted by Gasteiger charge is 2.21. The van der Waals surface area contributed by atoms with Gasteiger partial charge in [-0.25, -0.2) is 0 Å². The smallest absolute Gasteiger partial charge is 0.0907 e. The third-order valence-electron chi connectivity index (χ3n) is 1.79. The van der Waals surface area contributed by atoms with E-state index in [2.05, 4.69) is 5.10 Å². The van der Waals surface area contributed by atoms with Crippen LogP contribution in [0.3, 0.4) is 0 Å². The highest BCUT2D eigenvalue weighted by Crippen LogP contribution is 2.11. The molecule has 1 rings (SSSR count). The van der Waals surface area contributed by atoms with Gasteiger partial charge in [-0.2, -0.15) is 5.10 Å². The predicted octanol–water partition coefficient (Wildman–Crippen LogP) is 0.360. The largest absolute Gasteiger partial charge is 0.387 e. The van der Waals surface area contributed by atoms with Crippen molar-refractivity contribution in [1.29, 1.82) is 0 Å². The van der Waals surface area contributed by atoms with E-state index in [1.165, 1.54) is 0 Å². The van der Waals surface area contributed by atoms with Gasteiger partial charge in [0, 0.05) is 26.8 Å². The Balaban J connectivity index is 2.57. The topological polar surface area (TPSA) is 47.3 Å². The van der Waals surface area contributed by atoms with Gasteiger partial charge in [0.05, 0.1) is 17.9 Å². The molecule has 0 aliphatic rings. The Kier molecular flexibility index (Phi) is 3.06. The number of rotatable bonds is 4. The number of nitrogens with zero attached hydrogens (tertiary/aromatic N) is 2. The maximum atomic E-state index is 9.80. The Morgan fingerprint density at radius 1 is 1.69 bits per heavy atom. The van der Waals surface area contributed by atoms with E-state index in [9.17, 15) is 5.11 Å². The van der Waals surface area contributed by atoms with Gasteiger partial charge in [-0.1, -0.05) is 0 Å². The summed E-state index contributed by atoms with van der Waals surface area (Å²) in [4.78, 5) is 0. The average Bonchev–Trinajstić information content (AvgIpc) is 2.34. The lowest BCUT2D eigenvalue weighted by molar-refractivity contribution is -0.0168. The van der Waals surface area contributed by atoms with Crippen LogP contribution in [0.4, 0.5) is 0 Å². The van der Waals surface area contributed by atoms with Crippen molar-refractivity contribution in [2.45, 2.75) is 18.9 Å². The molecule has 0 aliphatic heterocycles. The Labute approximate surface area is 78.1 Å². The van der Waals surface area contributed by atoms with Gasteiger partial charge in [0.15, 0.2) is 0 Å². The summed E-state index contributed by atoms with van der Waals surface area (Å²) in [5.41, 5.74) is 0.0490. The molecule has 0 fully saturated rings. The molecule has 4 heteroatoms. The fraction of sp³-hybridized carbons (Fsp3) is 0.667. The van der Waals surface area contributed by atoms with E-state index in [0.717, 1.165) is 5.69 Å². The van der Waals surface area contributed by atoms with Crippen molar-refractivity contribution in [2.24, 2.45) is 7.05 Å². The van der Waals surface area contributed by atoms with Crippen molar-refractivity contribution in [1.82, 2.24) is 9.78 Å². The SMILES string of the molecule is COCC(C)(O)Cc1ccn(C)n1. The first kappa shape index (κ1) is 10.2. The quantitative estimate of drug-likeness (QED) is 0.735. The van der Waals surface area contributed by atoms with Crippen LogP contribution in [0.5, 0.6) is 0 Å². The van der Waals surface area contributed by atoms with Gasteiger partial charge in [0.2, 0.25) is 0 Å². The molecule has 1 unspecified atom stereocenters. The number of aromatic nitrogens is 2. The van der Waals surface area contributed by atoms with Crippen molar-refractivity contribution in [3.63, 3.8) is 0 Å². The van der Waals surface area contributed by atoms with Crippen LogP contribution < -0.4 is 0 Å². The third kappa shape index (κ3) is 3.16. The van der Waals surface area contributed by atoms with Gasteiger partial charge in [-0.3, -0.25) is 4.68 Å². The minimum absolute atomic E-state index is 0.323. The van der Waals surface area contributed by atoms with Crippen molar-refractivity contribution >= 4 is 0 Å². The Hall–Kier alpha value is -0.870. The molecule has 0 amide bonds. The molecule has 1 heterocycles. The van der Waals surface area contributed by atoms with Gasteiger partial charge >= 0.3 is 0 Å². The fourth-order valence-corrected chi connectivity index (χ4v) is 1.31. The molecule has 0 aliphatic carbocycles. The van der Waals surface area contributed by atoms with Crippen LogP contribution in [0.15, 0.2) is 12.3 Å². The van der Waals surface area contributed by atoms with Crippen molar-refractivity contribution in [3.8, 4) is 0 Å². The lowest BCUT2D eigenvalue weighted by atomic mass is 10.0. The molecular weight excluding hydrogens is 168 g/mol. The van der Waals surface area contributed by atoms with Gasteiger partial charge in [0.25, 0.3) is 0 Å². The molecule has 0 bridgehead atoms. The molecule has 0 aromatic carbocycles. The zero-order valence-electron chi connectivity index (χ0n) is 8.32. The molecule has 0 saturated carbocycles. The zero-order valence-corrected chi connectivity index (χ0v) is 8.32. The summed E-state index contributed by atoms with van der Waals surface area (Å²) >= 11 is 0. The second-order valence-electron chi connectivity index (χ2n) is 3.59. The first-order valence-corrected chi connectivity index (χ1v) is 4.23. The Morgan fingerprint density at radius 3 is 2.85 bits per heavy atom. The maximum absolute atomic E-state index is 9.80. The van der Waals surface area contributed by atoms with E-state index in [1.807, 2.05) is 19.3 Å². The molecule has 1 aromatic rings. The molecule has 0 saturated heterocycles. The van der Waals surface area contributed by atoms with Crippen molar-refractivity contribution < 1.29 is 9.84 Å². The fourth-order valence-electron chi connectivity index (χ4n) is 1.31. The molecular formula is C9H16N2O2. The minimum atomic E-state index is -0.830. The monoisotopic (exact) mass is 184 g/mol. The lowest BCUT2D eigenvalue weighted by Crippen LogP contribution is -2.32. The van der Waals surface area contributed by atoms with E-state index in [-0.39, 0.29) is 0 Å². The maximum Gasteiger partial charge on any atom is 0.0907 e. The van der Waals surface area contributed by atoms with Crippen LogP contribution >= 0.6 is 0 Å². The standard InChI is InChI=1S/C9H16N2O2/c1-9(12,7-13-3)6-8-4-5-11(2)10-8/h4-5,12H,6-7H2,1-3H3. The summed E-state index contributed by atoms with van der Waals surface area (Å²) < 4.78 is 6.62. The van der Waals surface area contributed by atoms with E-state index in [4.69, 9.17) is 4.74 Å². The molecule has 1 aromatic heterocycles. The van der Waals surface area contributed by atoms with Crippen LogP contribution in [0.25, 0.3) is 0 Å². The predicted molar refractivity (Wildman–Crippen MR) is 49.4 cm³/mol. The van der Waals surface area contributed by atoms with Crippen LogP contribution in [-0.2, 0) is 18.2 Å². The molecule has 1 atom stereocenters. The Bertz CT molecular complexity index is 268. The van der Waals surface area contributed by atoms with Crippen molar-refractivity contribution in [3.05, 3.63) is 18.0 Å². The first-order valence-electron chi connectivity index (χ1n) is 4.23. The zero-order chi connectivity index (χ0) is 9.90. The van der Waals surface area contributed by atoms with Crippen LogP contribution in [0, 0.1) is 0 Å². The molecule has 1 N–H and O–H groups in total. The van der Waals surface area contributed by atoms with E-state index < -0.39 is 5.60 Å². The van der Waals surface area contributed by atoms with E-state index in [1.54, 1.807) is 18.7 Å². The lowest BCUT2D eigenvalue weighted by Gasteiger charge is -2.20. The number of aliphatic hydroxyl groups is 1. The molecule has 0 radical (unpaired) electrons. The molecule has 13 heavy (non-hydrogen) atoms. The van der Waals surface area contributed by atoms with Crippen LogP contribution in [0.2, 0.25) is 0 Å². The Morgan fingerprint density at radius 2 is 2.38 bits per heavy atom. The van der Waals surface area contributed by atoms with Gasteiger partial charge < -0.3 is 9.84 Å². The second-order valence-corrected chi connectivity index (χ2v) is 3.59.